The molecule has 1 aromatic heterocycles. The van der Waals surface area contributed by atoms with Crippen molar-refractivity contribution in [1.82, 2.24) is 4.98 Å². The average Bonchev–Trinajstić information content (AvgIpc) is 2.23. The fourth-order valence-corrected chi connectivity index (χ4v) is 2.28. The Kier molecular flexibility index (Phi) is 3.16. The standard InChI is InChI=1S/C11H13BrFN/c12-9-6-7-10(14-11(9)13)8-4-2-1-3-5-8/h6-8H,1-5H2. The zero-order valence-electron chi connectivity index (χ0n) is 7.97. The molecular weight excluding hydrogens is 245 g/mol. The van der Waals surface area contributed by atoms with E-state index in [1.54, 1.807) is 6.07 Å². The first-order chi connectivity index (χ1) is 6.77. The van der Waals surface area contributed by atoms with Gasteiger partial charge in [0.05, 0.1) is 4.47 Å². The summed E-state index contributed by atoms with van der Waals surface area (Å²) in [7, 11) is 0. The Morgan fingerprint density at radius 2 is 1.93 bits per heavy atom. The topological polar surface area (TPSA) is 12.9 Å². The molecule has 0 aromatic carbocycles. The third-order valence-corrected chi connectivity index (χ3v) is 3.44. The lowest BCUT2D eigenvalue weighted by atomic mass is 9.87. The van der Waals surface area contributed by atoms with E-state index in [1.807, 2.05) is 6.07 Å². The first kappa shape index (κ1) is 10.1. The van der Waals surface area contributed by atoms with E-state index in [0.717, 1.165) is 18.5 Å². The van der Waals surface area contributed by atoms with E-state index in [-0.39, 0.29) is 5.95 Å². The molecule has 1 aromatic rings. The highest BCUT2D eigenvalue weighted by atomic mass is 79.9. The van der Waals surface area contributed by atoms with Gasteiger partial charge in [-0.3, -0.25) is 0 Å². The van der Waals surface area contributed by atoms with Crippen molar-refractivity contribution in [3.63, 3.8) is 0 Å². The SMILES string of the molecule is Fc1nc(C2CCCCC2)ccc1Br. The van der Waals surface area contributed by atoms with Crippen LogP contribution in [0, 0.1) is 5.95 Å². The van der Waals surface area contributed by atoms with E-state index < -0.39 is 0 Å². The number of halogens is 2. The summed E-state index contributed by atoms with van der Waals surface area (Å²) in [6, 6.07) is 3.69. The summed E-state index contributed by atoms with van der Waals surface area (Å²) in [5.41, 5.74) is 0.922. The second-order valence-electron chi connectivity index (χ2n) is 3.84. The predicted octanol–water partition coefficient (Wildman–Crippen LogP) is 4.03. The highest BCUT2D eigenvalue weighted by Crippen LogP contribution is 2.32. The monoisotopic (exact) mass is 257 g/mol. The van der Waals surface area contributed by atoms with Gasteiger partial charge in [-0.25, -0.2) is 4.98 Å². The minimum Gasteiger partial charge on any atom is -0.224 e. The molecule has 14 heavy (non-hydrogen) atoms. The number of pyridine rings is 1. The van der Waals surface area contributed by atoms with Crippen LogP contribution < -0.4 is 0 Å². The van der Waals surface area contributed by atoms with Gasteiger partial charge in [0, 0.05) is 11.6 Å². The van der Waals surface area contributed by atoms with Crippen LogP contribution in [-0.4, -0.2) is 4.98 Å². The molecule has 0 atom stereocenters. The molecule has 0 radical (unpaired) electrons. The molecule has 1 fully saturated rings. The molecule has 0 amide bonds. The Hall–Kier alpha value is -0.440. The van der Waals surface area contributed by atoms with Gasteiger partial charge in [0.1, 0.15) is 0 Å². The molecular formula is C11H13BrFN. The molecule has 2 rings (SSSR count). The summed E-state index contributed by atoms with van der Waals surface area (Å²) < 4.78 is 13.6. The Bertz CT molecular complexity index is 321. The Balaban J connectivity index is 2.18. The van der Waals surface area contributed by atoms with E-state index in [2.05, 4.69) is 20.9 Å². The average molecular weight is 258 g/mol. The van der Waals surface area contributed by atoms with Crippen molar-refractivity contribution in [3.8, 4) is 0 Å². The second kappa shape index (κ2) is 4.39. The number of hydrogen-bond acceptors (Lipinski definition) is 1. The van der Waals surface area contributed by atoms with Crippen LogP contribution in [0.3, 0.4) is 0 Å². The zero-order chi connectivity index (χ0) is 9.97. The zero-order valence-corrected chi connectivity index (χ0v) is 9.56. The first-order valence-corrected chi connectivity index (χ1v) is 5.88. The van der Waals surface area contributed by atoms with Crippen molar-refractivity contribution in [2.24, 2.45) is 0 Å². The number of nitrogens with zero attached hydrogens (tertiary/aromatic N) is 1. The van der Waals surface area contributed by atoms with Crippen molar-refractivity contribution in [2.75, 3.05) is 0 Å². The lowest BCUT2D eigenvalue weighted by Crippen LogP contribution is -2.07. The number of rotatable bonds is 1. The molecule has 1 heterocycles. The molecule has 1 nitrogen and oxygen atoms in total. The fraction of sp³-hybridized carbons (Fsp3) is 0.545. The molecule has 0 aliphatic heterocycles. The fourth-order valence-electron chi connectivity index (χ4n) is 2.06. The number of aromatic nitrogens is 1. The maximum atomic E-state index is 13.2. The summed E-state index contributed by atoms with van der Waals surface area (Å²) in [4.78, 5) is 3.98. The smallest absolute Gasteiger partial charge is 0.224 e. The van der Waals surface area contributed by atoms with Crippen molar-refractivity contribution in [1.29, 1.82) is 0 Å². The van der Waals surface area contributed by atoms with Gasteiger partial charge in [-0.05, 0) is 40.9 Å². The summed E-state index contributed by atoms with van der Waals surface area (Å²) in [6.07, 6.45) is 6.14. The van der Waals surface area contributed by atoms with Crippen LogP contribution in [-0.2, 0) is 0 Å². The normalized spacial score (nSPS) is 18.4. The van der Waals surface area contributed by atoms with E-state index in [0.29, 0.717) is 10.4 Å². The maximum Gasteiger partial charge on any atom is 0.227 e. The molecule has 0 N–H and O–H groups in total. The van der Waals surface area contributed by atoms with Gasteiger partial charge in [-0.15, -0.1) is 0 Å². The van der Waals surface area contributed by atoms with Crippen LogP contribution in [0.1, 0.15) is 43.7 Å². The lowest BCUT2D eigenvalue weighted by Gasteiger charge is -2.20. The largest absolute Gasteiger partial charge is 0.227 e. The molecule has 1 saturated carbocycles. The lowest BCUT2D eigenvalue weighted by molar-refractivity contribution is 0.430. The Morgan fingerprint density at radius 3 is 2.57 bits per heavy atom. The van der Waals surface area contributed by atoms with E-state index in [1.165, 1.54) is 19.3 Å². The minimum atomic E-state index is -0.381. The molecule has 76 valence electrons. The van der Waals surface area contributed by atoms with Crippen LogP contribution in [0.4, 0.5) is 4.39 Å². The van der Waals surface area contributed by atoms with Crippen LogP contribution in [0.2, 0.25) is 0 Å². The predicted molar refractivity (Wildman–Crippen MR) is 57.7 cm³/mol. The summed E-state index contributed by atoms with van der Waals surface area (Å²) in [6.45, 7) is 0. The molecule has 1 aliphatic rings. The number of hydrogen-bond donors (Lipinski definition) is 0. The van der Waals surface area contributed by atoms with Gasteiger partial charge in [-0.2, -0.15) is 4.39 Å². The van der Waals surface area contributed by atoms with Crippen LogP contribution in [0.5, 0.6) is 0 Å². The van der Waals surface area contributed by atoms with Gasteiger partial charge < -0.3 is 0 Å². The Morgan fingerprint density at radius 1 is 1.21 bits per heavy atom. The van der Waals surface area contributed by atoms with Crippen LogP contribution in [0.15, 0.2) is 16.6 Å². The molecule has 0 bridgehead atoms. The molecule has 0 saturated heterocycles. The van der Waals surface area contributed by atoms with Gasteiger partial charge in [-0.1, -0.05) is 19.3 Å². The third-order valence-electron chi connectivity index (χ3n) is 2.85. The van der Waals surface area contributed by atoms with Crippen LogP contribution in [0.25, 0.3) is 0 Å². The van der Waals surface area contributed by atoms with Crippen molar-refractivity contribution in [3.05, 3.63) is 28.2 Å². The van der Waals surface area contributed by atoms with E-state index in [9.17, 15) is 4.39 Å². The Labute approximate surface area is 91.9 Å². The van der Waals surface area contributed by atoms with E-state index in [4.69, 9.17) is 0 Å². The molecule has 1 aliphatic carbocycles. The summed E-state index contributed by atoms with van der Waals surface area (Å²) >= 11 is 3.12. The highest BCUT2D eigenvalue weighted by Gasteiger charge is 2.17. The first-order valence-electron chi connectivity index (χ1n) is 5.09. The summed E-state index contributed by atoms with van der Waals surface area (Å²) in [5, 5.41) is 0. The van der Waals surface area contributed by atoms with Crippen molar-refractivity contribution >= 4 is 15.9 Å². The highest BCUT2D eigenvalue weighted by molar-refractivity contribution is 9.10. The summed E-state index contributed by atoms with van der Waals surface area (Å²) in [5.74, 6) is 0.0967. The third kappa shape index (κ3) is 2.14. The van der Waals surface area contributed by atoms with Crippen LogP contribution >= 0.6 is 15.9 Å². The maximum absolute atomic E-state index is 13.2. The second-order valence-corrected chi connectivity index (χ2v) is 4.70. The van der Waals surface area contributed by atoms with Gasteiger partial charge >= 0.3 is 0 Å². The quantitative estimate of drug-likeness (QED) is 0.693. The van der Waals surface area contributed by atoms with E-state index >= 15 is 0 Å². The van der Waals surface area contributed by atoms with Gasteiger partial charge in [0.25, 0.3) is 0 Å². The molecule has 0 spiro atoms. The molecule has 3 heteroatoms. The minimum absolute atomic E-state index is 0.381. The molecule has 0 unspecified atom stereocenters. The van der Waals surface area contributed by atoms with Gasteiger partial charge in [0.2, 0.25) is 5.95 Å². The van der Waals surface area contributed by atoms with Crippen molar-refractivity contribution < 1.29 is 4.39 Å². The van der Waals surface area contributed by atoms with Gasteiger partial charge in [0.15, 0.2) is 0 Å². The van der Waals surface area contributed by atoms with Crippen molar-refractivity contribution in [2.45, 2.75) is 38.0 Å².